The van der Waals surface area contributed by atoms with E-state index in [0.717, 1.165) is 10.9 Å². The first-order valence-corrected chi connectivity index (χ1v) is 6.54. The zero-order valence-electron chi connectivity index (χ0n) is 11.0. The van der Waals surface area contributed by atoms with Crippen molar-refractivity contribution in [3.63, 3.8) is 0 Å². The van der Waals surface area contributed by atoms with Crippen LogP contribution in [0.5, 0.6) is 0 Å². The predicted molar refractivity (Wildman–Crippen MR) is 79.1 cm³/mol. The van der Waals surface area contributed by atoms with Gasteiger partial charge in [0.05, 0.1) is 5.52 Å². The summed E-state index contributed by atoms with van der Waals surface area (Å²) in [6, 6.07) is 18.2. The zero-order valence-corrected chi connectivity index (χ0v) is 11.0. The van der Waals surface area contributed by atoms with Gasteiger partial charge in [-0.25, -0.2) is 4.39 Å². The van der Waals surface area contributed by atoms with Crippen LogP contribution >= 0.6 is 0 Å². The summed E-state index contributed by atoms with van der Waals surface area (Å²) in [5, 5.41) is 0.913. The summed E-state index contributed by atoms with van der Waals surface area (Å²) in [7, 11) is 0. The number of fused-ring (bicyclic) bond motifs is 1. The lowest BCUT2D eigenvalue weighted by Crippen LogP contribution is -2.31. The third-order valence-electron chi connectivity index (χ3n) is 3.57. The molecule has 0 radical (unpaired) electrons. The maximum absolute atomic E-state index is 15.4. The van der Waals surface area contributed by atoms with E-state index >= 15 is 4.39 Å². The molecule has 0 fully saturated rings. The van der Waals surface area contributed by atoms with E-state index in [9.17, 15) is 0 Å². The molecule has 0 aliphatic heterocycles. The van der Waals surface area contributed by atoms with Crippen molar-refractivity contribution >= 4 is 10.9 Å². The highest BCUT2D eigenvalue weighted by Gasteiger charge is 2.32. The van der Waals surface area contributed by atoms with Crippen LogP contribution in [0.15, 0.2) is 66.9 Å². The standard InChI is InChI=1S/C17H15FN2/c18-17(12-19,14-6-2-1-3-7-14)15-8-9-16-13(11-15)5-4-10-20-16/h1-11H,12,19H2. The highest BCUT2D eigenvalue weighted by Crippen LogP contribution is 2.34. The van der Waals surface area contributed by atoms with Gasteiger partial charge in [0, 0.05) is 18.1 Å². The summed E-state index contributed by atoms with van der Waals surface area (Å²) < 4.78 is 15.4. The number of rotatable bonds is 3. The molecular weight excluding hydrogens is 251 g/mol. The molecule has 20 heavy (non-hydrogen) atoms. The lowest BCUT2D eigenvalue weighted by atomic mass is 9.87. The third kappa shape index (κ3) is 2.06. The molecule has 1 atom stereocenters. The minimum Gasteiger partial charge on any atom is -0.327 e. The Kier molecular flexibility index (Phi) is 3.20. The first-order valence-electron chi connectivity index (χ1n) is 6.54. The lowest BCUT2D eigenvalue weighted by molar-refractivity contribution is 0.233. The van der Waals surface area contributed by atoms with E-state index < -0.39 is 5.67 Å². The first kappa shape index (κ1) is 12.8. The molecule has 0 bridgehead atoms. The van der Waals surface area contributed by atoms with E-state index in [1.54, 1.807) is 24.4 Å². The molecule has 3 aromatic rings. The zero-order chi connectivity index (χ0) is 14.0. The highest BCUT2D eigenvalue weighted by molar-refractivity contribution is 5.79. The van der Waals surface area contributed by atoms with Gasteiger partial charge >= 0.3 is 0 Å². The Morgan fingerprint density at radius 2 is 1.75 bits per heavy atom. The van der Waals surface area contributed by atoms with Crippen LogP contribution in [0.3, 0.4) is 0 Å². The average Bonchev–Trinajstić information content (AvgIpc) is 2.54. The van der Waals surface area contributed by atoms with Crippen LogP contribution in [0.1, 0.15) is 11.1 Å². The molecule has 0 aliphatic rings. The van der Waals surface area contributed by atoms with E-state index in [1.807, 2.05) is 42.5 Å². The minimum absolute atomic E-state index is 0.0945. The second-order valence-corrected chi connectivity index (χ2v) is 4.78. The maximum Gasteiger partial charge on any atom is 0.173 e. The van der Waals surface area contributed by atoms with Crippen LogP contribution in [0, 0.1) is 0 Å². The molecule has 1 heterocycles. The van der Waals surface area contributed by atoms with Gasteiger partial charge in [-0.1, -0.05) is 42.5 Å². The smallest absolute Gasteiger partial charge is 0.173 e. The SMILES string of the molecule is NCC(F)(c1ccccc1)c1ccc2ncccc2c1. The second-order valence-electron chi connectivity index (χ2n) is 4.78. The summed E-state index contributed by atoms with van der Waals surface area (Å²) in [5.74, 6) is 0. The Hall–Kier alpha value is -2.26. The molecule has 0 aliphatic carbocycles. The first-order chi connectivity index (χ1) is 9.74. The predicted octanol–water partition coefficient (Wildman–Crippen LogP) is 3.41. The molecular formula is C17H15FN2. The Balaban J connectivity index is 2.16. The number of nitrogens with two attached hydrogens (primary N) is 1. The Labute approximate surface area is 117 Å². The molecule has 3 rings (SSSR count). The van der Waals surface area contributed by atoms with Crippen molar-refractivity contribution in [3.05, 3.63) is 78.0 Å². The lowest BCUT2D eigenvalue weighted by Gasteiger charge is -2.25. The van der Waals surface area contributed by atoms with Crippen molar-refractivity contribution in [1.82, 2.24) is 4.98 Å². The molecule has 2 N–H and O–H groups in total. The van der Waals surface area contributed by atoms with Crippen molar-refractivity contribution in [2.75, 3.05) is 6.54 Å². The van der Waals surface area contributed by atoms with Crippen LogP contribution in [0.4, 0.5) is 4.39 Å². The monoisotopic (exact) mass is 266 g/mol. The third-order valence-corrected chi connectivity index (χ3v) is 3.57. The maximum atomic E-state index is 15.4. The molecule has 2 aromatic carbocycles. The molecule has 0 spiro atoms. The van der Waals surface area contributed by atoms with Gasteiger partial charge in [-0.2, -0.15) is 0 Å². The van der Waals surface area contributed by atoms with Gasteiger partial charge in [-0.05, 0) is 29.3 Å². The normalized spacial score (nSPS) is 14.1. The van der Waals surface area contributed by atoms with E-state index in [0.29, 0.717) is 11.1 Å². The number of hydrogen-bond acceptors (Lipinski definition) is 2. The van der Waals surface area contributed by atoms with Crippen LogP contribution in [0.2, 0.25) is 0 Å². The minimum atomic E-state index is -1.68. The summed E-state index contributed by atoms with van der Waals surface area (Å²) in [4.78, 5) is 4.25. The fraction of sp³-hybridized carbons (Fsp3) is 0.118. The van der Waals surface area contributed by atoms with Crippen LogP contribution < -0.4 is 5.73 Å². The quantitative estimate of drug-likeness (QED) is 0.789. The van der Waals surface area contributed by atoms with E-state index in [4.69, 9.17) is 5.73 Å². The number of aromatic nitrogens is 1. The number of halogens is 1. The molecule has 0 amide bonds. The number of benzene rings is 2. The highest BCUT2D eigenvalue weighted by atomic mass is 19.1. The molecule has 0 saturated heterocycles. The molecule has 1 unspecified atom stereocenters. The van der Waals surface area contributed by atoms with Crippen molar-refractivity contribution in [2.24, 2.45) is 5.73 Å². The van der Waals surface area contributed by atoms with Gasteiger partial charge < -0.3 is 5.73 Å². The van der Waals surface area contributed by atoms with Crippen molar-refractivity contribution in [1.29, 1.82) is 0 Å². The fourth-order valence-electron chi connectivity index (χ4n) is 2.43. The summed E-state index contributed by atoms with van der Waals surface area (Å²) >= 11 is 0. The molecule has 0 saturated carbocycles. The number of hydrogen-bond donors (Lipinski definition) is 1. The Morgan fingerprint density at radius 3 is 2.50 bits per heavy atom. The fourth-order valence-corrected chi connectivity index (χ4v) is 2.43. The largest absolute Gasteiger partial charge is 0.327 e. The summed E-state index contributed by atoms with van der Waals surface area (Å²) in [6.07, 6.45) is 1.73. The molecule has 1 aromatic heterocycles. The van der Waals surface area contributed by atoms with Gasteiger partial charge in [-0.15, -0.1) is 0 Å². The summed E-state index contributed by atoms with van der Waals surface area (Å²) in [6.45, 7) is -0.0945. The molecule has 2 nitrogen and oxygen atoms in total. The average molecular weight is 266 g/mol. The van der Waals surface area contributed by atoms with E-state index in [-0.39, 0.29) is 6.54 Å². The van der Waals surface area contributed by atoms with Crippen molar-refractivity contribution in [3.8, 4) is 0 Å². The van der Waals surface area contributed by atoms with Crippen LogP contribution in [-0.2, 0) is 5.67 Å². The Bertz CT molecular complexity index is 727. The van der Waals surface area contributed by atoms with E-state index in [2.05, 4.69) is 4.98 Å². The van der Waals surface area contributed by atoms with Crippen molar-refractivity contribution < 1.29 is 4.39 Å². The van der Waals surface area contributed by atoms with Gasteiger partial charge in [0.1, 0.15) is 0 Å². The van der Waals surface area contributed by atoms with Crippen molar-refractivity contribution in [2.45, 2.75) is 5.67 Å². The topological polar surface area (TPSA) is 38.9 Å². The molecule has 100 valence electrons. The number of alkyl halides is 1. The van der Waals surface area contributed by atoms with Crippen LogP contribution in [0.25, 0.3) is 10.9 Å². The second kappa shape index (κ2) is 5.02. The number of pyridine rings is 1. The summed E-state index contributed by atoms with van der Waals surface area (Å²) in [5.41, 5.74) is 6.04. The molecule has 3 heteroatoms. The van der Waals surface area contributed by atoms with Gasteiger partial charge in [0.25, 0.3) is 0 Å². The van der Waals surface area contributed by atoms with Crippen LogP contribution in [-0.4, -0.2) is 11.5 Å². The van der Waals surface area contributed by atoms with E-state index in [1.165, 1.54) is 0 Å². The van der Waals surface area contributed by atoms with Gasteiger partial charge in [0.2, 0.25) is 0 Å². The number of nitrogens with zero attached hydrogens (tertiary/aromatic N) is 1. The Morgan fingerprint density at radius 1 is 0.950 bits per heavy atom. The van der Waals surface area contributed by atoms with Gasteiger partial charge in [0.15, 0.2) is 5.67 Å². The van der Waals surface area contributed by atoms with Gasteiger partial charge in [-0.3, -0.25) is 4.98 Å².